The minimum atomic E-state index is -0.136. The molecule has 2 aliphatic heterocycles. The molecule has 2 aliphatic rings. The van der Waals surface area contributed by atoms with Crippen molar-refractivity contribution in [3.8, 4) is 0 Å². The number of morpholine rings is 1. The van der Waals surface area contributed by atoms with Crippen LogP contribution in [0.1, 0.15) is 31.4 Å². The summed E-state index contributed by atoms with van der Waals surface area (Å²) in [7, 11) is 0. The highest BCUT2D eigenvalue weighted by atomic mass is 16.5. The van der Waals surface area contributed by atoms with E-state index < -0.39 is 0 Å². The summed E-state index contributed by atoms with van der Waals surface area (Å²) in [4.78, 5) is 34.6. The van der Waals surface area contributed by atoms with Crippen molar-refractivity contribution in [2.45, 2.75) is 38.2 Å². The van der Waals surface area contributed by atoms with Crippen LogP contribution in [0, 0.1) is 0 Å². The molecule has 0 aliphatic carbocycles. The van der Waals surface area contributed by atoms with Crippen LogP contribution in [0.15, 0.2) is 17.2 Å². The monoisotopic (exact) mass is 334 g/mol. The first kappa shape index (κ1) is 17.1. The molecule has 0 unspecified atom stereocenters. The zero-order valence-corrected chi connectivity index (χ0v) is 14.1. The topological polar surface area (TPSA) is 78.5 Å². The number of carbonyl (C=O) groups excluding carboxylic acids is 1. The van der Waals surface area contributed by atoms with Gasteiger partial charge in [0, 0.05) is 24.8 Å². The number of nitrogens with one attached hydrogen (secondary N) is 1. The van der Waals surface area contributed by atoms with Gasteiger partial charge in [0.15, 0.2) is 0 Å². The number of hydrogen-bond acceptors (Lipinski definition) is 5. The van der Waals surface area contributed by atoms with Crippen LogP contribution in [0.4, 0.5) is 0 Å². The molecule has 0 radical (unpaired) electrons. The predicted octanol–water partition coefficient (Wildman–Crippen LogP) is 0.416. The number of aromatic amines is 1. The first-order valence-electron chi connectivity index (χ1n) is 8.86. The molecule has 1 aromatic rings. The van der Waals surface area contributed by atoms with E-state index in [2.05, 4.69) is 14.9 Å². The number of amides is 1. The summed E-state index contributed by atoms with van der Waals surface area (Å²) < 4.78 is 5.78. The SMILES string of the molecule is O=C(CN1CCCCC1)N1CCO[C@H](CCc2cc(=O)[nH]cn2)C1. The summed E-state index contributed by atoms with van der Waals surface area (Å²) in [6.07, 6.45) is 6.57. The molecule has 0 saturated carbocycles. The van der Waals surface area contributed by atoms with Gasteiger partial charge in [0.05, 0.1) is 25.6 Å². The third-order valence-electron chi connectivity index (χ3n) is 4.76. The van der Waals surface area contributed by atoms with Gasteiger partial charge in [0.25, 0.3) is 5.56 Å². The molecule has 0 spiro atoms. The summed E-state index contributed by atoms with van der Waals surface area (Å²) in [5, 5.41) is 0. The Bertz CT molecular complexity index is 597. The van der Waals surface area contributed by atoms with Gasteiger partial charge in [-0.2, -0.15) is 0 Å². The quantitative estimate of drug-likeness (QED) is 0.844. The van der Waals surface area contributed by atoms with E-state index in [0.717, 1.165) is 25.2 Å². The molecule has 1 amide bonds. The summed E-state index contributed by atoms with van der Waals surface area (Å²) >= 11 is 0. The average Bonchev–Trinajstić information content (AvgIpc) is 2.61. The van der Waals surface area contributed by atoms with Gasteiger partial charge in [-0.1, -0.05) is 6.42 Å². The number of H-pyrrole nitrogens is 1. The van der Waals surface area contributed by atoms with E-state index in [1.807, 2.05) is 4.90 Å². The van der Waals surface area contributed by atoms with Gasteiger partial charge >= 0.3 is 0 Å². The Balaban J connectivity index is 1.46. The number of ether oxygens (including phenoxy) is 1. The lowest BCUT2D eigenvalue weighted by Gasteiger charge is -2.35. The van der Waals surface area contributed by atoms with Gasteiger partial charge in [-0.3, -0.25) is 14.5 Å². The Labute approximate surface area is 142 Å². The van der Waals surface area contributed by atoms with Crippen LogP contribution in [0.5, 0.6) is 0 Å². The van der Waals surface area contributed by atoms with Crippen molar-refractivity contribution < 1.29 is 9.53 Å². The molecule has 2 saturated heterocycles. The number of piperidine rings is 1. The standard InChI is InChI=1S/C17H26N4O3/c22-16-10-14(18-13-19-16)4-5-15-11-21(8-9-24-15)17(23)12-20-6-2-1-3-7-20/h10,13,15H,1-9,11-12H2,(H,18,19,22)/t15-/m1/s1. The molecular weight excluding hydrogens is 308 g/mol. The van der Waals surface area contributed by atoms with Crippen LogP contribution in [-0.4, -0.2) is 71.1 Å². The van der Waals surface area contributed by atoms with Crippen molar-refractivity contribution in [3.05, 3.63) is 28.4 Å². The number of aromatic nitrogens is 2. The lowest BCUT2D eigenvalue weighted by molar-refractivity contribution is -0.140. The van der Waals surface area contributed by atoms with E-state index in [1.165, 1.54) is 31.7 Å². The Hall–Kier alpha value is -1.73. The number of carbonyl (C=O) groups is 1. The number of hydrogen-bond donors (Lipinski definition) is 1. The molecule has 7 nitrogen and oxygen atoms in total. The fourth-order valence-electron chi connectivity index (χ4n) is 3.38. The van der Waals surface area contributed by atoms with Crippen LogP contribution in [0.25, 0.3) is 0 Å². The maximum absolute atomic E-state index is 12.5. The smallest absolute Gasteiger partial charge is 0.250 e. The first-order valence-corrected chi connectivity index (χ1v) is 8.86. The molecular formula is C17H26N4O3. The Kier molecular flexibility index (Phi) is 5.98. The van der Waals surface area contributed by atoms with Crippen molar-refractivity contribution >= 4 is 5.91 Å². The van der Waals surface area contributed by atoms with Gasteiger partial charge < -0.3 is 14.6 Å². The zero-order valence-electron chi connectivity index (χ0n) is 14.1. The Morgan fingerprint density at radius 2 is 2.12 bits per heavy atom. The van der Waals surface area contributed by atoms with Crippen LogP contribution < -0.4 is 5.56 Å². The number of nitrogens with zero attached hydrogens (tertiary/aromatic N) is 3. The Morgan fingerprint density at radius 3 is 2.92 bits per heavy atom. The molecule has 2 fully saturated rings. The van der Waals surface area contributed by atoms with Crippen molar-refractivity contribution in [1.29, 1.82) is 0 Å². The molecule has 1 aromatic heterocycles. The lowest BCUT2D eigenvalue weighted by Crippen LogP contribution is -2.49. The fraction of sp³-hybridized carbons (Fsp3) is 0.706. The Morgan fingerprint density at radius 1 is 1.29 bits per heavy atom. The fourth-order valence-corrected chi connectivity index (χ4v) is 3.38. The minimum Gasteiger partial charge on any atom is -0.375 e. The lowest BCUT2D eigenvalue weighted by atomic mass is 10.1. The van der Waals surface area contributed by atoms with Gasteiger partial charge in [0.2, 0.25) is 5.91 Å². The van der Waals surface area contributed by atoms with E-state index in [9.17, 15) is 9.59 Å². The van der Waals surface area contributed by atoms with Crippen molar-refractivity contribution in [1.82, 2.24) is 19.8 Å². The van der Waals surface area contributed by atoms with Crippen molar-refractivity contribution in [3.63, 3.8) is 0 Å². The van der Waals surface area contributed by atoms with Gasteiger partial charge in [0.1, 0.15) is 0 Å². The molecule has 1 N–H and O–H groups in total. The van der Waals surface area contributed by atoms with E-state index in [1.54, 1.807) is 0 Å². The third kappa shape index (κ3) is 4.88. The van der Waals surface area contributed by atoms with Crippen LogP contribution in [0.3, 0.4) is 0 Å². The van der Waals surface area contributed by atoms with Gasteiger partial charge in [-0.15, -0.1) is 0 Å². The molecule has 0 bridgehead atoms. The zero-order chi connectivity index (χ0) is 16.8. The summed E-state index contributed by atoms with van der Waals surface area (Å²) in [5.41, 5.74) is 0.627. The molecule has 3 rings (SSSR count). The average molecular weight is 334 g/mol. The highest BCUT2D eigenvalue weighted by Gasteiger charge is 2.25. The molecule has 24 heavy (non-hydrogen) atoms. The highest BCUT2D eigenvalue weighted by Crippen LogP contribution is 2.13. The molecule has 132 valence electrons. The van der Waals surface area contributed by atoms with E-state index in [4.69, 9.17) is 4.74 Å². The summed E-state index contributed by atoms with van der Waals surface area (Å²) in [6, 6.07) is 1.52. The van der Waals surface area contributed by atoms with Gasteiger partial charge in [-0.05, 0) is 38.8 Å². The third-order valence-corrected chi connectivity index (χ3v) is 4.76. The van der Waals surface area contributed by atoms with Crippen molar-refractivity contribution in [2.24, 2.45) is 0 Å². The van der Waals surface area contributed by atoms with Crippen LogP contribution in [0.2, 0.25) is 0 Å². The minimum absolute atomic E-state index is 0.0187. The van der Waals surface area contributed by atoms with E-state index >= 15 is 0 Å². The highest BCUT2D eigenvalue weighted by molar-refractivity contribution is 5.78. The molecule has 1 atom stereocenters. The normalized spacial score (nSPS) is 22.5. The maximum atomic E-state index is 12.5. The van der Waals surface area contributed by atoms with Crippen LogP contribution in [-0.2, 0) is 16.0 Å². The second kappa shape index (κ2) is 8.39. The molecule has 7 heteroatoms. The van der Waals surface area contributed by atoms with Gasteiger partial charge in [-0.25, -0.2) is 4.98 Å². The molecule has 3 heterocycles. The first-order chi connectivity index (χ1) is 11.7. The molecule has 0 aromatic carbocycles. The maximum Gasteiger partial charge on any atom is 0.250 e. The predicted molar refractivity (Wildman–Crippen MR) is 89.8 cm³/mol. The summed E-state index contributed by atoms with van der Waals surface area (Å²) in [6.45, 7) is 4.49. The van der Waals surface area contributed by atoms with E-state index in [0.29, 0.717) is 32.7 Å². The number of likely N-dealkylation sites (tertiary alicyclic amines) is 1. The number of rotatable bonds is 5. The second-order valence-corrected chi connectivity index (χ2v) is 6.61. The van der Waals surface area contributed by atoms with Crippen molar-refractivity contribution in [2.75, 3.05) is 39.3 Å². The second-order valence-electron chi connectivity index (χ2n) is 6.61. The largest absolute Gasteiger partial charge is 0.375 e. The van der Waals surface area contributed by atoms with Crippen LogP contribution >= 0.6 is 0 Å². The summed E-state index contributed by atoms with van der Waals surface area (Å²) in [5.74, 6) is 0.208. The van der Waals surface area contributed by atoms with E-state index in [-0.39, 0.29) is 17.6 Å². The number of aryl methyl sites for hydroxylation is 1.